The normalized spacial score (nSPS) is 14.7. The fraction of sp³-hybridized carbons (Fsp3) is 0.217. The van der Waals surface area contributed by atoms with Crippen LogP contribution >= 0.6 is 11.8 Å². The Balaban J connectivity index is 1.57. The van der Waals surface area contributed by atoms with Crippen LogP contribution in [0.1, 0.15) is 35.7 Å². The van der Waals surface area contributed by atoms with E-state index in [-0.39, 0.29) is 4.91 Å². The molecule has 1 aliphatic rings. The third-order valence-electron chi connectivity index (χ3n) is 4.41. The summed E-state index contributed by atoms with van der Waals surface area (Å²) in [4.78, 5) is 50.2. The molecule has 3 amide bonds. The first-order valence-corrected chi connectivity index (χ1v) is 10.7. The highest BCUT2D eigenvalue weighted by Crippen LogP contribution is 2.32. The number of ether oxygens (including phenoxy) is 1. The van der Waals surface area contributed by atoms with Crippen molar-refractivity contribution in [3.63, 3.8) is 0 Å². The summed E-state index contributed by atoms with van der Waals surface area (Å²) in [7, 11) is 0. The van der Waals surface area contributed by atoms with Gasteiger partial charge in [-0.05, 0) is 54.1 Å². The summed E-state index contributed by atoms with van der Waals surface area (Å²) in [6.07, 6.45) is 3.36. The number of anilines is 1. The van der Waals surface area contributed by atoms with Gasteiger partial charge in [0.2, 0.25) is 5.91 Å². The van der Waals surface area contributed by atoms with Crippen molar-refractivity contribution in [1.82, 2.24) is 4.90 Å². The van der Waals surface area contributed by atoms with Gasteiger partial charge in [0, 0.05) is 5.69 Å². The molecule has 0 radical (unpaired) electrons. The van der Waals surface area contributed by atoms with Gasteiger partial charge in [-0.25, -0.2) is 4.79 Å². The standard InChI is InChI=1S/C23H22N2O5S/c1-2-3-13-30-22(28)17-9-11-18(12-10-17)24-20(26)15-25-21(27)19(31-23(25)29)14-16-7-5-4-6-8-16/h4-12,14H,2-3,13,15H2,1H3,(H,24,26)/b19-14-. The number of nitrogens with one attached hydrogen (secondary N) is 1. The average molecular weight is 439 g/mol. The van der Waals surface area contributed by atoms with Crippen LogP contribution in [-0.4, -0.2) is 41.1 Å². The smallest absolute Gasteiger partial charge is 0.338 e. The molecule has 0 aromatic heterocycles. The minimum atomic E-state index is -0.512. The Bertz CT molecular complexity index is 1000. The number of thioether (sulfide) groups is 1. The number of unbranched alkanes of at least 4 members (excludes halogenated alkanes) is 1. The van der Waals surface area contributed by atoms with Gasteiger partial charge in [0.15, 0.2) is 0 Å². The first-order chi connectivity index (χ1) is 15.0. The summed E-state index contributed by atoms with van der Waals surface area (Å²) < 4.78 is 5.14. The van der Waals surface area contributed by atoms with Crippen molar-refractivity contribution in [3.05, 3.63) is 70.6 Å². The minimum absolute atomic E-state index is 0.273. The van der Waals surface area contributed by atoms with Crippen molar-refractivity contribution in [2.24, 2.45) is 0 Å². The van der Waals surface area contributed by atoms with E-state index >= 15 is 0 Å². The monoisotopic (exact) mass is 438 g/mol. The van der Waals surface area contributed by atoms with Crippen molar-refractivity contribution < 1.29 is 23.9 Å². The minimum Gasteiger partial charge on any atom is -0.462 e. The number of benzene rings is 2. The number of imide groups is 1. The number of hydrogen-bond donors (Lipinski definition) is 1. The van der Waals surface area contributed by atoms with Crippen molar-refractivity contribution >= 4 is 46.5 Å². The summed E-state index contributed by atoms with van der Waals surface area (Å²) in [6, 6.07) is 15.4. The lowest BCUT2D eigenvalue weighted by Gasteiger charge is -2.12. The number of rotatable bonds is 8. The van der Waals surface area contributed by atoms with Crippen LogP contribution in [0.5, 0.6) is 0 Å². The van der Waals surface area contributed by atoms with E-state index in [9.17, 15) is 19.2 Å². The van der Waals surface area contributed by atoms with Gasteiger partial charge in [-0.15, -0.1) is 0 Å². The second-order valence-electron chi connectivity index (χ2n) is 6.79. The highest BCUT2D eigenvalue weighted by Gasteiger charge is 2.36. The molecule has 0 unspecified atom stereocenters. The molecule has 31 heavy (non-hydrogen) atoms. The van der Waals surface area contributed by atoms with Crippen LogP contribution in [0, 0.1) is 0 Å². The number of carbonyl (C=O) groups is 4. The molecule has 0 atom stereocenters. The zero-order valence-corrected chi connectivity index (χ0v) is 17.8. The van der Waals surface area contributed by atoms with Gasteiger partial charge in [-0.1, -0.05) is 43.7 Å². The summed E-state index contributed by atoms with van der Waals surface area (Å²) in [5, 5.41) is 2.13. The Labute approximate surface area is 184 Å². The quantitative estimate of drug-likeness (QED) is 0.375. The molecule has 0 aliphatic carbocycles. The van der Waals surface area contributed by atoms with Crippen molar-refractivity contribution in [3.8, 4) is 0 Å². The molecule has 0 bridgehead atoms. The van der Waals surface area contributed by atoms with Gasteiger partial charge in [0.25, 0.3) is 11.1 Å². The Morgan fingerprint density at radius 2 is 1.77 bits per heavy atom. The summed E-state index contributed by atoms with van der Waals surface area (Å²) >= 11 is 0.805. The molecule has 1 heterocycles. The van der Waals surface area contributed by atoms with E-state index in [1.54, 1.807) is 30.3 Å². The molecule has 1 N–H and O–H groups in total. The molecular weight excluding hydrogens is 416 g/mol. The van der Waals surface area contributed by atoms with Gasteiger partial charge in [0.05, 0.1) is 17.1 Å². The molecule has 0 spiro atoms. The number of amides is 3. The van der Waals surface area contributed by atoms with Gasteiger partial charge >= 0.3 is 5.97 Å². The molecule has 1 saturated heterocycles. The first-order valence-electron chi connectivity index (χ1n) is 9.85. The lowest BCUT2D eigenvalue weighted by atomic mass is 10.2. The lowest BCUT2D eigenvalue weighted by molar-refractivity contribution is -0.127. The predicted octanol–water partition coefficient (Wildman–Crippen LogP) is 4.32. The summed E-state index contributed by atoms with van der Waals surface area (Å²) in [6.45, 7) is 1.98. The zero-order valence-electron chi connectivity index (χ0n) is 17.0. The Morgan fingerprint density at radius 3 is 2.45 bits per heavy atom. The van der Waals surface area contributed by atoms with Crippen LogP contribution in [0.25, 0.3) is 6.08 Å². The van der Waals surface area contributed by atoms with Crippen molar-refractivity contribution in [2.75, 3.05) is 18.5 Å². The van der Waals surface area contributed by atoms with Gasteiger partial charge < -0.3 is 10.1 Å². The Morgan fingerprint density at radius 1 is 1.06 bits per heavy atom. The maximum atomic E-state index is 12.5. The highest BCUT2D eigenvalue weighted by molar-refractivity contribution is 8.18. The van der Waals surface area contributed by atoms with E-state index in [0.717, 1.165) is 35.1 Å². The van der Waals surface area contributed by atoms with Crippen LogP contribution in [0.15, 0.2) is 59.5 Å². The predicted molar refractivity (Wildman–Crippen MR) is 119 cm³/mol. The van der Waals surface area contributed by atoms with Crippen LogP contribution in [0.4, 0.5) is 10.5 Å². The van der Waals surface area contributed by atoms with Gasteiger partial charge in [-0.2, -0.15) is 0 Å². The highest BCUT2D eigenvalue weighted by atomic mass is 32.2. The molecule has 1 aliphatic heterocycles. The van der Waals surface area contributed by atoms with E-state index in [1.165, 1.54) is 0 Å². The van der Waals surface area contributed by atoms with Crippen LogP contribution in [0.2, 0.25) is 0 Å². The van der Waals surface area contributed by atoms with Crippen LogP contribution in [-0.2, 0) is 14.3 Å². The van der Waals surface area contributed by atoms with Crippen molar-refractivity contribution in [2.45, 2.75) is 19.8 Å². The topological polar surface area (TPSA) is 92.8 Å². The van der Waals surface area contributed by atoms with E-state index in [2.05, 4.69) is 5.32 Å². The molecule has 8 heteroatoms. The zero-order chi connectivity index (χ0) is 22.2. The summed E-state index contributed by atoms with van der Waals surface area (Å²) in [5.41, 5.74) is 1.62. The maximum Gasteiger partial charge on any atom is 0.338 e. The fourth-order valence-corrected chi connectivity index (χ4v) is 3.60. The SMILES string of the molecule is CCCCOC(=O)c1ccc(NC(=O)CN2C(=O)S/C(=C\c3ccccc3)C2=O)cc1. The maximum absolute atomic E-state index is 12.5. The molecular formula is C23H22N2O5S. The van der Waals surface area contributed by atoms with Gasteiger partial charge in [-0.3, -0.25) is 19.3 Å². The van der Waals surface area contributed by atoms with Crippen LogP contribution < -0.4 is 5.32 Å². The Kier molecular flexibility index (Phi) is 7.61. The van der Waals surface area contributed by atoms with Crippen LogP contribution in [0.3, 0.4) is 0 Å². The lowest BCUT2D eigenvalue weighted by Crippen LogP contribution is -2.36. The summed E-state index contributed by atoms with van der Waals surface area (Å²) in [5.74, 6) is -1.44. The van der Waals surface area contributed by atoms with E-state index < -0.39 is 29.6 Å². The number of nitrogens with zero attached hydrogens (tertiary/aromatic N) is 1. The van der Waals surface area contributed by atoms with Gasteiger partial charge in [0.1, 0.15) is 6.54 Å². The van der Waals surface area contributed by atoms with E-state index in [0.29, 0.717) is 17.9 Å². The third kappa shape index (κ3) is 6.05. The third-order valence-corrected chi connectivity index (χ3v) is 5.32. The Hall–Kier alpha value is -3.39. The molecule has 160 valence electrons. The van der Waals surface area contributed by atoms with E-state index in [4.69, 9.17) is 4.74 Å². The molecule has 1 fully saturated rings. The average Bonchev–Trinajstić information content (AvgIpc) is 3.02. The molecule has 7 nitrogen and oxygen atoms in total. The number of hydrogen-bond acceptors (Lipinski definition) is 6. The second-order valence-corrected chi connectivity index (χ2v) is 7.79. The largest absolute Gasteiger partial charge is 0.462 e. The number of esters is 1. The van der Waals surface area contributed by atoms with Crippen molar-refractivity contribution in [1.29, 1.82) is 0 Å². The van der Waals surface area contributed by atoms with E-state index in [1.807, 2.05) is 37.3 Å². The molecule has 3 rings (SSSR count). The number of carbonyl (C=O) groups excluding carboxylic acids is 4. The molecule has 2 aromatic carbocycles. The fourth-order valence-electron chi connectivity index (χ4n) is 2.76. The second kappa shape index (κ2) is 10.6. The first kappa shape index (κ1) is 22.3. The molecule has 2 aromatic rings. The molecule has 0 saturated carbocycles.